The molecule has 96 valence electrons. The number of hydrogen-bond donors (Lipinski definition) is 1. The summed E-state index contributed by atoms with van der Waals surface area (Å²) in [5.41, 5.74) is 1.59. The standard InChI is InChI=1S/C13H17FN4/c1-9-4-5-11(6-12(9)14)7-15-10(2)13-17-16-8-18(13)3/h4-6,8,10,15H,7H2,1-3H3. The van der Waals surface area contributed by atoms with Crippen LogP contribution in [-0.4, -0.2) is 14.8 Å². The molecule has 0 radical (unpaired) electrons. The highest BCUT2D eigenvalue weighted by Gasteiger charge is 2.10. The molecule has 0 saturated heterocycles. The lowest BCUT2D eigenvalue weighted by atomic mass is 10.1. The fraction of sp³-hybridized carbons (Fsp3) is 0.385. The first-order valence-corrected chi connectivity index (χ1v) is 5.90. The first-order valence-electron chi connectivity index (χ1n) is 5.90. The summed E-state index contributed by atoms with van der Waals surface area (Å²) in [5.74, 6) is 0.697. The number of hydrogen-bond acceptors (Lipinski definition) is 3. The van der Waals surface area contributed by atoms with E-state index in [1.54, 1.807) is 25.4 Å². The molecule has 0 aliphatic rings. The van der Waals surface area contributed by atoms with Gasteiger partial charge in [0.25, 0.3) is 0 Å². The fourth-order valence-corrected chi connectivity index (χ4v) is 1.79. The Morgan fingerprint density at radius 1 is 1.44 bits per heavy atom. The maximum atomic E-state index is 13.4. The van der Waals surface area contributed by atoms with Crippen molar-refractivity contribution in [3.63, 3.8) is 0 Å². The second-order valence-corrected chi connectivity index (χ2v) is 4.49. The SMILES string of the molecule is Cc1ccc(CNC(C)c2nncn2C)cc1F. The van der Waals surface area contributed by atoms with Gasteiger partial charge in [0.05, 0.1) is 6.04 Å². The second-order valence-electron chi connectivity index (χ2n) is 4.49. The molecule has 0 amide bonds. The van der Waals surface area contributed by atoms with E-state index in [0.29, 0.717) is 12.1 Å². The van der Waals surface area contributed by atoms with Gasteiger partial charge in [-0.05, 0) is 31.0 Å². The van der Waals surface area contributed by atoms with Crippen LogP contribution in [0.3, 0.4) is 0 Å². The van der Waals surface area contributed by atoms with Crippen LogP contribution in [0, 0.1) is 12.7 Å². The summed E-state index contributed by atoms with van der Waals surface area (Å²) in [6.07, 6.45) is 1.67. The van der Waals surface area contributed by atoms with E-state index in [2.05, 4.69) is 15.5 Å². The molecule has 1 unspecified atom stereocenters. The van der Waals surface area contributed by atoms with E-state index in [1.807, 2.05) is 24.6 Å². The number of nitrogens with one attached hydrogen (secondary N) is 1. The van der Waals surface area contributed by atoms with Gasteiger partial charge in [-0.3, -0.25) is 0 Å². The molecule has 0 fully saturated rings. The van der Waals surface area contributed by atoms with E-state index in [9.17, 15) is 4.39 Å². The molecule has 1 aromatic heterocycles. The maximum Gasteiger partial charge on any atom is 0.149 e. The number of benzene rings is 1. The van der Waals surface area contributed by atoms with E-state index >= 15 is 0 Å². The molecule has 1 heterocycles. The summed E-state index contributed by atoms with van der Waals surface area (Å²) >= 11 is 0. The molecule has 0 aliphatic heterocycles. The molecule has 5 heteroatoms. The molecule has 0 saturated carbocycles. The van der Waals surface area contributed by atoms with Crippen molar-refractivity contribution in [2.24, 2.45) is 7.05 Å². The highest BCUT2D eigenvalue weighted by atomic mass is 19.1. The lowest BCUT2D eigenvalue weighted by molar-refractivity contribution is 0.526. The minimum atomic E-state index is -0.166. The maximum absolute atomic E-state index is 13.4. The van der Waals surface area contributed by atoms with Gasteiger partial charge in [-0.1, -0.05) is 12.1 Å². The van der Waals surface area contributed by atoms with Gasteiger partial charge in [-0.25, -0.2) is 4.39 Å². The Labute approximate surface area is 106 Å². The molecule has 1 aromatic carbocycles. The molecular formula is C13H17FN4. The second kappa shape index (κ2) is 5.27. The third-order valence-electron chi connectivity index (χ3n) is 2.98. The normalized spacial score (nSPS) is 12.7. The van der Waals surface area contributed by atoms with Gasteiger partial charge in [0.1, 0.15) is 18.0 Å². The van der Waals surface area contributed by atoms with Gasteiger partial charge in [-0.15, -0.1) is 10.2 Å². The summed E-state index contributed by atoms with van der Waals surface area (Å²) in [7, 11) is 1.90. The van der Waals surface area contributed by atoms with Gasteiger partial charge < -0.3 is 9.88 Å². The number of halogens is 1. The van der Waals surface area contributed by atoms with Crippen LogP contribution in [0.4, 0.5) is 4.39 Å². The van der Waals surface area contributed by atoms with Gasteiger partial charge >= 0.3 is 0 Å². The number of aryl methyl sites for hydroxylation is 2. The number of aromatic nitrogens is 3. The van der Waals surface area contributed by atoms with Crippen molar-refractivity contribution in [3.05, 3.63) is 47.3 Å². The number of rotatable bonds is 4. The van der Waals surface area contributed by atoms with Crippen molar-refractivity contribution in [3.8, 4) is 0 Å². The quantitative estimate of drug-likeness (QED) is 0.901. The average molecular weight is 248 g/mol. The number of nitrogens with zero attached hydrogens (tertiary/aromatic N) is 3. The van der Waals surface area contributed by atoms with Gasteiger partial charge in [-0.2, -0.15) is 0 Å². The minimum absolute atomic E-state index is 0.0712. The van der Waals surface area contributed by atoms with Gasteiger partial charge in [0.15, 0.2) is 0 Å². The zero-order chi connectivity index (χ0) is 13.1. The third-order valence-corrected chi connectivity index (χ3v) is 2.98. The first-order chi connectivity index (χ1) is 8.58. The zero-order valence-electron chi connectivity index (χ0n) is 10.8. The lowest BCUT2D eigenvalue weighted by Crippen LogP contribution is -2.21. The summed E-state index contributed by atoms with van der Waals surface area (Å²) in [6, 6.07) is 5.35. The molecule has 0 aliphatic carbocycles. The Hall–Kier alpha value is -1.75. The molecule has 1 N–H and O–H groups in total. The van der Waals surface area contributed by atoms with E-state index < -0.39 is 0 Å². The van der Waals surface area contributed by atoms with Crippen LogP contribution in [0.2, 0.25) is 0 Å². The van der Waals surface area contributed by atoms with Crippen LogP contribution in [-0.2, 0) is 13.6 Å². The van der Waals surface area contributed by atoms with Crippen molar-refractivity contribution in [1.82, 2.24) is 20.1 Å². The van der Waals surface area contributed by atoms with E-state index in [4.69, 9.17) is 0 Å². The Kier molecular flexibility index (Phi) is 3.72. The van der Waals surface area contributed by atoms with Crippen molar-refractivity contribution >= 4 is 0 Å². The van der Waals surface area contributed by atoms with Gasteiger partial charge in [0, 0.05) is 13.6 Å². The van der Waals surface area contributed by atoms with E-state index in [1.165, 1.54) is 0 Å². The molecular weight excluding hydrogens is 231 g/mol. The van der Waals surface area contributed by atoms with E-state index in [-0.39, 0.29) is 11.9 Å². The summed E-state index contributed by atoms with van der Waals surface area (Å²) in [4.78, 5) is 0. The van der Waals surface area contributed by atoms with Crippen LogP contribution < -0.4 is 5.32 Å². The van der Waals surface area contributed by atoms with Crippen LogP contribution >= 0.6 is 0 Å². The third kappa shape index (κ3) is 2.73. The molecule has 0 bridgehead atoms. The van der Waals surface area contributed by atoms with Crippen LogP contribution in [0.5, 0.6) is 0 Å². The Morgan fingerprint density at radius 3 is 2.83 bits per heavy atom. The van der Waals surface area contributed by atoms with Crippen LogP contribution in [0.25, 0.3) is 0 Å². The summed E-state index contributed by atoms with van der Waals surface area (Å²) < 4.78 is 15.3. The fourth-order valence-electron chi connectivity index (χ4n) is 1.79. The highest BCUT2D eigenvalue weighted by molar-refractivity contribution is 5.23. The zero-order valence-corrected chi connectivity index (χ0v) is 10.8. The van der Waals surface area contributed by atoms with Gasteiger partial charge in [0.2, 0.25) is 0 Å². The summed E-state index contributed by atoms with van der Waals surface area (Å²) in [6.45, 7) is 4.37. The largest absolute Gasteiger partial charge is 0.319 e. The topological polar surface area (TPSA) is 42.7 Å². The smallest absolute Gasteiger partial charge is 0.149 e. The van der Waals surface area contributed by atoms with Crippen molar-refractivity contribution in [1.29, 1.82) is 0 Å². The summed E-state index contributed by atoms with van der Waals surface area (Å²) in [5, 5.41) is 11.2. The molecule has 1 atom stereocenters. The Balaban J connectivity index is 1.99. The minimum Gasteiger partial charge on any atom is -0.319 e. The molecule has 2 aromatic rings. The van der Waals surface area contributed by atoms with Crippen molar-refractivity contribution in [2.75, 3.05) is 0 Å². The monoisotopic (exact) mass is 248 g/mol. The molecule has 0 spiro atoms. The molecule has 2 rings (SSSR count). The predicted molar refractivity (Wildman–Crippen MR) is 67.4 cm³/mol. The van der Waals surface area contributed by atoms with Crippen molar-refractivity contribution in [2.45, 2.75) is 26.4 Å². The first kappa shape index (κ1) is 12.7. The Bertz CT molecular complexity index is 536. The predicted octanol–water partition coefficient (Wildman–Crippen LogP) is 2.11. The lowest BCUT2D eigenvalue weighted by Gasteiger charge is -2.13. The van der Waals surface area contributed by atoms with E-state index in [0.717, 1.165) is 11.4 Å². The van der Waals surface area contributed by atoms with Crippen molar-refractivity contribution < 1.29 is 4.39 Å². The molecule has 4 nitrogen and oxygen atoms in total. The van der Waals surface area contributed by atoms with Crippen LogP contribution in [0.15, 0.2) is 24.5 Å². The molecule has 18 heavy (non-hydrogen) atoms. The van der Waals surface area contributed by atoms with Crippen LogP contribution in [0.1, 0.15) is 29.9 Å². The Morgan fingerprint density at radius 2 is 2.22 bits per heavy atom. The highest BCUT2D eigenvalue weighted by Crippen LogP contribution is 2.12. The average Bonchev–Trinajstić information content (AvgIpc) is 2.77.